The van der Waals surface area contributed by atoms with Crippen molar-refractivity contribution in [1.82, 2.24) is 10.3 Å². The van der Waals surface area contributed by atoms with Crippen LogP contribution in [0.1, 0.15) is 39.7 Å². The van der Waals surface area contributed by atoms with E-state index in [1.807, 2.05) is 12.1 Å². The number of hydrogen-bond acceptors (Lipinski definition) is 5. The molecule has 0 spiro atoms. The monoisotopic (exact) mass is 375 g/mol. The molecule has 2 aromatic heterocycles. The Balaban J connectivity index is 1.75. The highest BCUT2D eigenvalue weighted by Gasteiger charge is 2.28. The minimum Gasteiger partial charge on any atom is -0.465 e. The Labute approximate surface area is 156 Å². The van der Waals surface area contributed by atoms with Crippen LogP contribution in [0.5, 0.6) is 0 Å². The number of rotatable bonds is 4. The third kappa shape index (κ3) is 4.16. The molecule has 0 saturated carbocycles. The van der Waals surface area contributed by atoms with Crippen molar-refractivity contribution in [2.45, 2.75) is 32.7 Å². The van der Waals surface area contributed by atoms with Crippen LogP contribution in [-0.4, -0.2) is 23.2 Å². The quantitative estimate of drug-likeness (QED) is 0.630. The number of anilines is 1. The van der Waals surface area contributed by atoms with Gasteiger partial charge in [-0.1, -0.05) is 6.92 Å². The number of nitrogens with zero attached hydrogens (tertiary/aromatic N) is 1. The lowest BCUT2D eigenvalue weighted by atomic mass is 9.88. The maximum Gasteiger partial charge on any atom is 0.341 e. The van der Waals surface area contributed by atoms with Crippen molar-refractivity contribution in [3.8, 4) is 0 Å². The van der Waals surface area contributed by atoms with Gasteiger partial charge < -0.3 is 15.4 Å². The fourth-order valence-electron chi connectivity index (χ4n) is 2.99. The average molecular weight is 376 g/mol. The van der Waals surface area contributed by atoms with Gasteiger partial charge in [0.2, 0.25) is 0 Å². The molecule has 7 heteroatoms. The zero-order valence-electron chi connectivity index (χ0n) is 14.3. The Hall–Kier alpha value is -1.99. The van der Waals surface area contributed by atoms with Crippen molar-refractivity contribution in [2.75, 3.05) is 12.4 Å². The van der Waals surface area contributed by atoms with E-state index in [0.717, 1.165) is 35.4 Å². The van der Waals surface area contributed by atoms with Gasteiger partial charge in [-0.3, -0.25) is 4.98 Å². The Bertz CT molecular complexity index is 774. The summed E-state index contributed by atoms with van der Waals surface area (Å²) in [5.41, 5.74) is 2.85. The molecule has 2 heterocycles. The lowest BCUT2D eigenvalue weighted by molar-refractivity contribution is 0.0601. The maximum absolute atomic E-state index is 12.3. The highest BCUT2D eigenvalue weighted by Crippen LogP contribution is 2.39. The number of thiocarbonyl (C=S) groups is 1. The Morgan fingerprint density at radius 1 is 1.44 bits per heavy atom. The average Bonchev–Trinajstić information content (AvgIpc) is 2.97. The zero-order valence-corrected chi connectivity index (χ0v) is 15.9. The number of thiophene rings is 1. The van der Waals surface area contributed by atoms with Crippen molar-refractivity contribution in [3.63, 3.8) is 0 Å². The molecule has 0 unspecified atom stereocenters. The Morgan fingerprint density at radius 2 is 2.20 bits per heavy atom. The first kappa shape index (κ1) is 17.8. The SMILES string of the molecule is COC(=O)c1c(NC(=S)NCc2ccncc2)sc2c1CC[C@@H](C)C2. The van der Waals surface area contributed by atoms with Gasteiger partial charge in [0.05, 0.1) is 12.7 Å². The first-order chi connectivity index (χ1) is 12.1. The van der Waals surface area contributed by atoms with Crippen LogP contribution in [0.3, 0.4) is 0 Å². The molecule has 0 amide bonds. The largest absolute Gasteiger partial charge is 0.465 e. The second-order valence-electron chi connectivity index (χ2n) is 6.21. The van der Waals surface area contributed by atoms with Gasteiger partial charge in [0.1, 0.15) is 5.00 Å². The van der Waals surface area contributed by atoms with Crippen LogP contribution in [-0.2, 0) is 24.1 Å². The van der Waals surface area contributed by atoms with Gasteiger partial charge >= 0.3 is 5.97 Å². The van der Waals surface area contributed by atoms with Crippen LogP contribution >= 0.6 is 23.6 Å². The first-order valence-corrected chi connectivity index (χ1v) is 9.47. The highest BCUT2D eigenvalue weighted by molar-refractivity contribution is 7.80. The van der Waals surface area contributed by atoms with Crippen molar-refractivity contribution in [1.29, 1.82) is 0 Å². The number of fused-ring (bicyclic) bond motifs is 1. The van der Waals surface area contributed by atoms with Crippen molar-refractivity contribution >= 4 is 39.6 Å². The molecule has 2 N–H and O–H groups in total. The Morgan fingerprint density at radius 3 is 2.92 bits per heavy atom. The summed E-state index contributed by atoms with van der Waals surface area (Å²) >= 11 is 7.01. The number of nitrogens with one attached hydrogen (secondary N) is 2. The molecule has 2 aromatic rings. The number of esters is 1. The lowest BCUT2D eigenvalue weighted by Gasteiger charge is -2.18. The van der Waals surface area contributed by atoms with E-state index in [4.69, 9.17) is 17.0 Å². The Kier molecular flexibility index (Phi) is 5.65. The molecular formula is C18H21N3O2S2. The standard InChI is InChI=1S/C18H21N3O2S2/c1-11-3-4-13-14(9-11)25-16(15(13)17(22)23-2)21-18(24)20-10-12-5-7-19-8-6-12/h5-8,11H,3-4,9-10H2,1-2H3,(H2,20,21,24)/t11-/m1/s1. The summed E-state index contributed by atoms with van der Waals surface area (Å²) in [7, 11) is 1.42. The topological polar surface area (TPSA) is 63.2 Å². The molecule has 1 aliphatic carbocycles. The van der Waals surface area contributed by atoms with Crippen LogP contribution in [0.4, 0.5) is 5.00 Å². The number of carbonyl (C=O) groups is 1. The van der Waals surface area contributed by atoms with Crippen molar-refractivity contribution in [3.05, 3.63) is 46.1 Å². The van der Waals surface area contributed by atoms with Crippen molar-refractivity contribution < 1.29 is 9.53 Å². The molecule has 0 saturated heterocycles. The molecular weight excluding hydrogens is 354 g/mol. The summed E-state index contributed by atoms with van der Waals surface area (Å²) in [4.78, 5) is 17.5. The van der Waals surface area contributed by atoms with Gasteiger partial charge in [0, 0.05) is 23.8 Å². The number of ether oxygens (including phenoxy) is 1. The molecule has 1 aliphatic rings. The molecule has 1 atom stereocenters. The van der Waals surface area contributed by atoms with Gasteiger partial charge in [-0.25, -0.2) is 4.79 Å². The van der Waals surface area contributed by atoms with Crippen LogP contribution in [0.2, 0.25) is 0 Å². The number of carbonyl (C=O) groups excluding carboxylic acids is 1. The van der Waals surface area contributed by atoms with Gasteiger partial charge in [-0.15, -0.1) is 11.3 Å². The van der Waals surface area contributed by atoms with E-state index in [0.29, 0.717) is 23.1 Å². The molecule has 0 bridgehead atoms. The van der Waals surface area contributed by atoms with Crippen LogP contribution < -0.4 is 10.6 Å². The predicted octanol–water partition coefficient (Wildman–Crippen LogP) is 3.54. The third-order valence-corrected chi connectivity index (χ3v) is 5.75. The third-order valence-electron chi connectivity index (χ3n) is 4.33. The van der Waals surface area contributed by atoms with Crippen molar-refractivity contribution in [2.24, 2.45) is 5.92 Å². The van der Waals surface area contributed by atoms with Crippen LogP contribution in [0.25, 0.3) is 0 Å². The van der Waals surface area contributed by atoms with Gasteiger partial charge in [-0.2, -0.15) is 0 Å². The molecule has 0 aliphatic heterocycles. The summed E-state index contributed by atoms with van der Waals surface area (Å²) in [6.07, 6.45) is 6.51. The number of methoxy groups -OCH3 is 1. The molecule has 0 fully saturated rings. The second kappa shape index (κ2) is 7.93. The number of pyridine rings is 1. The minimum absolute atomic E-state index is 0.300. The molecule has 25 heavy (non-hydrogen) atoms. The fraction of sp³-hybridized carbons (Fsp3) is 0.389. The zero-order chi connectivity index (χ0) is 17.8. The normalized spacial score (nSPS) is 16.0. The smallest absolute Gasteiger partial charge is 0.341 e. The highest BCUT2D eigenvalue weighted by atomic mass is 32.1. The summed E-state index contributed by atoms with van der Waals surface area (Å²) in [6, 6.07) is 3.86. The van der Waals surface area contributed by atoms with E-state index in [1.165, 1.54) is 12.0 Å². The van der Waals surface area contributed by atoms with E-state index < -0.39 is 0 Å². The van der Waals surface area contributed by atoms with E-state index in [9.17, 15) is 4.79 Å². The summed E-state index contributed by atoms with van der Waals surface area (Å²) < 4.78 is 5.00. The molecule has 5 nitrogen and oxygen atoms in total. The minimum atomic E-state index is -0.300. The molecule has 132 valence electrons. The van der Waals surface area contributed by atoms with E-state index in [-0.39, 0.29) is 5.97 Å². The summed E-state index contributed by atoms with van der Waals surface area (Å²) in [5.74, 6) is 0.341. The van der Waals surface area contributed by atoms with Crippen LogP contribution in [0, 0.1) is 5.92 Å². The fourth-order valence-corrected chi connectivity index (χ4v) is 4.63. The van der Waals surface area contributed by atoms with E-state index in [1.54, 1.807) is 23.7 Å². The van der Waals surface area contributed by atoms with Gasteiger partial charge in [0.25, 0.3) is 0 Å². The predicted molar refractivity (Wildman–Crippen MR) is 104 cm³/mol. The molecule has 3 rings (SSSR count). The second-order valence-corrected chi connectivity index (χ2v) is 7.72. The van der Waals surface area contributed by atoms with E-state index >= 15 is 0 Å². The molecule has 0 radical (unpaired) electrons. The number of aromatic nitrogens is 1. The van der Waals surface area contributed by atoms with Crippen LogP contribution in [0.15, 0.2) is 24.5 Å². The molecule has 0 aromatic carbocycles. The summed E-state index contributed by atoms with van der Waals surface area (Å²) in [5, 5.41) is 7.63. The first-order valence-electron chi connectivity index (χ1n) is 8.25. The van der Waals surface area contributed by atoms with E-state index in [2.05, 4.69) is 22.5 Å². The number of hydrogen-bond donors (Lipinski definition) is 2. The maximum atomic E-state index is 12.3. The van der Waals surface area contributed by atoms with Gasteiger partial charge in [-0.05, 0) is 60.7 Å². The lowest BCUT2D eigenvalue weighted by Crippen LogP contribution is -2.28. The summed E-state index contributed by atoms with van der Waals surface area (Å²) in [6.45, 7) is 2.85. The van der Waals surface area contributed by atoms with Gasteiger partial charge in [0.15, 0.2) is 5.11 Å².